The summed E-state index contributed by atoms with van der Waals surface area (Å²) >= 11 is 0. The molecule has 1 aromatic carbocycles. The summed E-state index contributed by atoms with van der Waals surface area (Å²) in [7, 11) is 1.83. The maximum atomic E-state index is 12.4. The van der Waals surface area contributed by atoms with Gasteiger partial charge >= 0.3 is 0 Å². The summed E-state index contributed by atoms with van der Waals surface area (Å²) in [6, 6.07) is 9.46. The Morgan fingerprint density at radius 2 is 1.92 bits per heavy atom. The highest BCUT2D eigenvalue weighted by atomic mass is 16.5. The summed E-state index contributed by atoms with van der Waals surface area (Å²) in [6.45, 7) is 4.23. The van der Waals surface area contributed by atoms with E-state index in [1.54, 1.807) is 4.90 Å². The lowest BCUT2D eigenvalue weighted by molar-refractivity contribution is -0.147. The summed E-state index contributed by atoms with van der Waals surface area (Å²) < 4.78 is 5.62. The predicted molar refractivity (Wildman–Crippen MR) is 90.7 cm³/mol. The number of piperazine rings is 2. The highest BCUT2D eigenvalue weighted by molar-refractivity contribution is 5.84. The quantitative estimate of drug-likeness (QED) is 0.750. The van der Waals surface area contributed by atoms with E-state index >= 15 is 0 Å². The first-order chi connectivity index (χ1) is 11.6. The molecule has 2 aliphatic rings. The summed E-state index contributed by atoms with van der Waals surface area (Å²) in [6.07, 6.45) is 1.15. The molecule has 2 heterocycles. The zero-order chi connectivity index (χ0) is 16.9. The Morgan fingerprint density at radius 3 is 2.71 bits per heavy atom. The van der Waals surface area contributed by atoms with Crippen LogP contribution in [0.4, 0.5) is 0 Å². The van der Waals surface area contributed by atoms with E-state index in [-0.39, 0.29) is 17.9 Å². The molecular formula is C18H25N3O3. The fourth-order valence-electron chi connectivity index (χ4n) is 3.28. The van der Waals surface area contributed by atoms with Crippen LogP contribution in [0.3, 0.4) is 0 Å². The normalized spacial score (nSPS) is 21.5. The molecule has 0 N–H and O–H groups in total. The molecule has 2 saturated heterocycles. The van der Waals surface area contributed by atoms with Crippen molar-refractivity contribution in [2.75, 3.05) is 46.4 Å². The fourth-order valence-corrected chi connectivity index (χ4v) is 3.28. The maximum absolute atomic E-state index is 12.4. The number of para-hydroxylation sites is 1. The van der Waals surface area contributed by atoms with Crippen LogP contribution in [0.1, 0.15) is 12.8 Å². The van der Waals surface area contributed by atoms with Gasteiger partial charge in [0.25, 0.3) is 0 Å². The average molecular weight is 331 g/mol. The molecule has 0 spiro atoms. The highest BCUT2D eigenvalue weighted by Crippen LogP contribution is 2.17. The molecule has 2 amide bonds. The first-order valence-electron chi connectivity index (χ1n) is 8.60. The number of benzene rings is 1. The number of carbonyl (C=O) groups is 2. The highest BCUT2D eigenvalue weighted by Gasteiger charge is 2.38. The van der Waals surface area contributed by atoms with E-state index in [4.69, 9.17) is 4.74 Å². The molecule has 0 aliphatic carbocycles. The van der Waals surface area contributed by atoms with Gasteiger partial charge in [-0.3, -0.25) is 14.5 Å². The van der Waals surface area contributed by atoms with Crippen LogP contribution in [-0.2, 0) is 9.59 Å². The van der Waals surface area contributed by atoms with Crippen molar-refractivity contribution in [3.05, 3.63) is 30.3 Å². The summed E-state index contributed by atoms with van der Waals surface area (Å²) in [5.74, 6) is 1.08. The van der Waals surface area contributed by atoms with Crippen molar-refractivity contribution >= 4 is 11.8 Å². The van der Waals surface area contributed by atoms with Gasteiger partial charge in [0.1, 0.15) is 11.8 Å². The Labute approximate surface area is 143 Å². The zero-order valence-corrected chi connectivity index (χ0v) is 14.2. The van der Waals surface area contributed by atoms with Crippen molar-refractivity contribution in [1.82, 2.24) is 14.7 Å². The minimum atomic E-state index is -0.165. The molecule has 130 valence electrons. The second-order valence-electron chi connectivity index (χ2n) is 6.42. The number of carbonyl (C=O) groups excluding carboxylic acids is 2. The Balaban J connectivity index is 1.43. The molecule has 6 heteroatoms. The second kappa shape index (κ2) is 7.66. The Bertz CT molecular complexity index is 578. The number of hydrogen-bond acceptors (Lipinski definition) is 4. The number of amides is 2. The third kappa shape index (κ3) is 3.87. The molecule has 6 nitrogen and oxygen atoms in total. The molecule has 1 aromatic rings. The van der Waals surface area contributed by atoms with E-state index in [0.717, 1.165) is 25.4 Å². The lowest BCUT2D eigenvalue weighted by Crippen LogP contribution is -2.64. The zero-order valence-electron chi connectivity index (χ0n) is 14.2. The molecule has 0 saturated carbocycles. The van der Waals surface area contributed by atoms with Gasteiger partial charge in [0.2, 0.25) is 11.8 Å². The number of ether oxygens (including phenoxy) is 1. The van der Waals surface area contributed by atoms with E-state index in [2.05, 4.69) is 4.90 Å². The minimum Gasteiger partial charge on any atom is -0.494 e. The van der Waals surface area contributed by atoms with E-state index < -0.39 is 0 Å². The van der Waals surface area contributed by atoms with Crippen molar-refractivity contribution in [1.29, 1.82) is 0 Å². The number of fused-ring (bicyclic) bond motifs is 1. The van der Waals surface area contributed by atoms with Crippen LogP contribution in [0.2, 0.25) is 0 Å². The largest absolute Gasteiger partial charge is 0.494 e. The lowest BCUT2D eigenvalue weighted by atomic mass is 10.1. The SMILES string of the molecule is CN1CCN2CCN(C(=O)CCCOc3ccccc3)CC2C1=O. The van der Waals surface area contributed by atoms with Crippen LogP contribution in [0, 0.1) is 0 Å². The topological polar surface area (TPSA) is 53.1 Å². The van der Waals surface area contributed by atoms with Gasteiger partial charge in [-0.1, -0.05) is 18.2 Å². The first kappa shape index (κ1) is 16.8. The number of likely N-dealkylation sites (N-methyl/N-ethyl adjacent to an activating group) is 1. The summed E-state index contributed by atoms with van der Waals surface area (Å²) in [4.78, 5) is 30.5. The Morgan fingerprint density at radius 1 is 1.17 bits per heavy atom. The second-order valence-corrected chi connectivity index (χ2v) is 6.42. The van der Waals surface area contributed by atoms with Crippen molar-refractivity contribution in [2.45, 2.75) is 18.9 Å². The van der Waals surface area contributed by atoms with E-state index in [1.807, 2.05) is 42.3 Å². The van der Waals surface area contributed by atoms with Gasteiger partial charge in [0.15, 0.2) is 0 Å². The third-order valence-corrected chi connectivity index (χ3v) is 4.77. The molecule has 0 bridgehead atoms. The van der Waals surface area contributed by atoms with Crippen LogP contribution in [-0.4, -0.2) is 78.9 Å². The van der Waals surface area contributed by atoms with Gasteiger partial charge in [0.05, 0.1) is 6.61 Å². The minimum absolute atomic E-state index is 0.118. The van der Waals surface area contributed by atoms with Gasteiger partial charge < -0.3 is 14.5 Å². The lowest BCUT2D eigenvalue weighted by Gasteiger charge is -2.45. The van der Waals surface area contributed by atoms with Crippen molar-refractivity contribution < 1.29 is 14.3 Å². The molecule has 1 atom stereocenters. The molecule has 2 fully saturated rings. The first-order valence-corrected chi connectivity index (χ1v) is 8.60. The molecule has 1 unspecified atom stereocenters. The van der Waals surface area contributed by atoms with Gasteiger partial charge in [-0.15, -0.1) is 0 Å². The molecule has 3 rings (SSSR count). The fraction of sp³-hybridized carbons (Fsp3) is 0.556. The number of nitrogens with zero attached hydrogens (tertiary/aromatic N) is 3. The number of rotatable bonds is 5. The average Bonchev–Trinajstić information content (AvgIpc) is 2.62. The van der Waals surface area contributed by atoms with Crippen molar-refractivity contribution in [2.24, 2.45) is 0 Å². The summed E-state index contributed by atoms with van der Waals surface area (Å²) in [5, 5.41) is 0. The van der Waals surface area contributed by atoms with Crippen molar-refractivity contribution in [3.8, 4) is 5.75 Å². The molecule has 0 aromatic heterocycles. The van der Waals surface area contributed by atoms with Crippen LogP contribution < -0.4 is 4.74 Å². The summed E-state index contributed by atoms with van der Waals surface area (Å²) in [5.41, 5.74) is 0. The monoisotopic (exact) mass is 331 g/mol. The van der Waals surface area contributed by atoms with Gasteiger partial charge in [-0.05, 0) is 18.6 Å². The van der Waals surface area contributed by atoms with Gasteiger partial charge in [0, 0.05) is 46.2 Å². The van der Waals surface area contributed by atoms with Crippen molar-refractivity contribution in [3.63, 3.8) is 0 Å². The molecule has 0 radical (unpaired) electrons. The van der Waals surface area contributed by atoms with Gasteiger partial charge in [-0.2, -0.15) is 0 Å². The van der Waals surface area contributed by atoms with Crippen LogP contribution in [0.15, 0.2) is 30.3 Å². The van der Waals surface area contributed by atoms with Gasteiger partial charge in [-0.25, -0.2) is 0 Å². The van der Waals surface area contributed by atoms with Crippen LogP contribution in [0.5, 0.6) is 5.75 Å². The molecule has 2 aliphatic heterocycles. The van der Waals surface area contributed by atoms with Crippen LogP contribution in [0.25, 0.3) is 0 Å². The van der Waals surface area contributed by atoms with Crippen LogP contribution >= 0.6 is 0 Å². The molecule has 24 heavy (non-hydrogen) atoms. The smallest absolute Gasteiger partial charge is 0.241 e. The standard InChI is InChI=1S/C18H25N3O3/c1-19-9-10-20-11-12-21(14-16(20)18(19)23)17(22)8-5-13-24-15-6-3-2-4-7-15/h2-4,6-7,16H,5,8-14H2,1H3. The Hall–Kier alpha value is -2.08. The maximum Gasteiger partial charge on any atom is 0.241 e. The van der Waals surface area contributed by atoms with E-state index in [9.17, 15) is 9.59 Å². The van der Waals surface area contributed by atoms with E-state index in [1.165, 1.54) is 0 Å². The third-order valence-electron chi connectivity index (χ3n) is 4.77. The molecular weight excluding hydrogens is 306 g/mol. The number of hydrogen-bond donors (Lipinski definition) is 0. The Kier molecular flexibility index (Phi) is 5.35. The predicted octanol–water partition coefficient (Wildman–Crippen LogP) is 0.830. The van der Waals surface area contributed by atoms with E-state index in [0.29, 0.717) is 32.5 Å².